The van der Waals surface area contributed by atoms with Gasteiger partial charge in [0.15, 0.2) is 22.5 Å². The van der Waals surface area contributed by atoms with Gasteiger partial charge in [0.2, 0.25) is 17.7 Å². The van der Waals surface area contributed by atoms with Gasteiger partial charge in [-0.3, -0.25) is 29.1 Å². The van der Waals surface area contributed by atoms with Crippen LogP contribution >= 0.6 is 23.6 Å². The minimum Gasteiger partial charge on any atom is -0.491 e. The van der Waals surface area contributed by atoms with Gasteiger partial charge in [-0.25, -0.2) is 13.8 Å². The predicted molar refractivity (Wildman–Crippen MR) is 284 cm³/mol. The Balaban J connectivity index is 0.895. The molecule has 2 aliphatic rings. The molecule has 3 N–H and O–H groups in total. The molecular formula is C55H56F8N8O7S2. The van der Waals surface area contributed by atoms with Gasteiger partial charge in [0.1, 0.15) is 23.8 Å². The van der Waals surface area contributed by atoms with Crippen LogP contribution in [-0.2, 0) is 36.3 Å². The van der Waals surface area contributed by atoms with E-state index in [0.29, 0.717) is 29.9 Å². The molecule has 4 amide bonds. The Hall–Kier alpha value is -7.14. The number of amides is 4. The fourth-order valence-electron chi connectivity index (χ4n) is 9.42. The zero-order valence-corrected chi connectivity index (χ0v) is 45.9. The fraction of sp³-hybridized carbons (Fsp3) is 0.418. The van der Waals surface area contributed by atoms with E-state index in [9.17, 15) is 55.9 Å². The Morgan fingerprint density at radius 3 is 2.25 bits per heavy atom. The summed E-state index contributed by atoms with van der Waals surface area (Å²) < 4.78 is 128. The molecule has 3 aromatic carbocycles. The number of pyridine rings is 1. The van der Waals surface area contributed by atoms with E-state index in [2.05, 4.69) is 20.6 Å². The quantitative estimate of drug-likeness (QED) is 0.0428. The predicted octanol–water partition coefficient (Wildman–Crippen LogP) is 10.1. The topological polar surface area (TPSA) is 190 Å². The van der Waals surface area contributed by atoms with E-state index in [1.165, 1.54) is 36.2 Å². The van der Waals surface area contributed by atoms with Crippen LogP contribution in [0.3, 0.4) is 0 Å². The number of benzene rings is 3. The molecule has 2 saturated heterocycles. The van der Waals surface area contributed by atoms with E-state index in [1.54, 1.807) is 5.51 Å². The van der Waals surface area contributed by atoms with Crippen molar-refractivity contribution in [3.8, 4) is 33.5 Å². The molecule has 5 aromatic rings. The number of nitrogens with zero attached hydrogens (tertiary/aromatic N) is 6. The highest BCUT2D eigenvalue weighted by atomic mass is 32.1. The molecule has 0 bridgehead atoms. The van der Waals surface area contributed by atoms with Gasteiger partial charge in [0, 0.05) is 31.7 Å². The zero-order chi connectivity index (χ0) is 58.8. The molecule has 0 unspecified atom stereocenters. The van der Waals surface area contributed by atoms with Crippen LogP contribution in [0.2, 0.25) is 0 Å². The van der Waals surface area contributed by atoms with Gasteiger partial charge >= 0.3 is 12.4 Å². The highest BCUT2D eigenvalue weighted by Crippen LogP contribution is 2.45. The van der Waals surface area contributed by atoms with Crippen LogP contribution in [0.25, 0.3) is 21.7 Å². The van der Waals surface area contributed by atoms with Crippen LogP contribution in [0.1, 0.15) is 94.8 Å². The van der Waals surface area contributed by atoms with Gasteiger partial charge < -0.3 is 35.0 Å². The molecule has 0 radical (unpaired) electrons. The molecule has 4 heterocycles. The standard InChI is InChI=1S/C55H56F8N8O7S2/c1-29(31-10-12-32(13-11-31)47-30(2)67-28-80-47)68-48(74)41-22-36(72)26-69(41)49(75)38(52(3,4)5)25-65-43(73)27-77-18-8-9-19-78-42-17-15-33(20-39(42)56)46-37(54(58,59)60)21-35(24-66-46)71-51(79)70(50(76)53(71,6)7)40-16-14-34(23-64)44(45(40)57)55(61,62)63/h10-17,20-21,24,28-29,36,38,41,72H,8-9,18-19,22,25-27H2,1-7H3,(H,65,73)(H,68,74)/t29-,36+,38+,41-/m0/s1. The monoisotopic (exact) mass is 1160 g/mol. The van der Waals surface area contributed by atoms with E-state index in [4.69, 9.17) is 21.7 Å². The molecule has 80 heavy (non-hydrogen) atoms. The van der Waals surface area contributed by atoms with Crippen molar-refractivity contribution >= 4 is 63.7 Å². The minimum absolute atomic E-state index is 0.0440. The number of hydrogen-bond acceptors (Lipinski definition) is 12. The summed E-state index contributed by atoms with van der Waals surface area (Å²) in [4.78, 5) is 66.3. The third-order valence-corrected chi connectivity index (χ3v) is 15.1. The molecule has 25 heteroatoms. The number of aliphatic hydroxyl groups is 1. The van der Waals surface area contributed by atoms with Crippen molar-refractivity contribution in [3.63, 3.8) is 0 Å². The molecule has 0 spiro atoms. The molecule has 15 nitrogen and oxygen atoms in total. The Bertz CT molecular complexity index is 3210. The summed E-state index contributed by atoms with van der Waals surface area (Å²) >= 11 is 6.90. The number of unbranched alkanes of at least 4 members (excludes halogenated alkanes) is 1. The lowest BCUT2D eigenvalue weighted by Gasteiger charge is -2.35. The van der Waals surface area contributed by atoms with Gasteiger partial charge in [0.25, 0.3) is 5.91 Å². The number of carbonyl (C=O) groups is 4. The van der Waals surface area contributed by atoms with Crippen molar-refractivity contribution in [3.05, 3.63) is 112 Å². The van der Waals surface area contributed by atoms with Crippen molar-refractivity contribution in [1.29, 1.82) is 5.26 Å². The summed E-state index contributed by atoms with van der Waals surface area (Å²) in [7, 11) is 0. The van der Waals surface area contributed by atoms with Crippen molar-refractivity contribution in [1.82, 2.24) is 25.5 Å². The van der Waals surface area contributed by atoms with E-state index in [0.717, 1.165) is 57.1 Å². The summed E-state index contributed by atoms with van der Waals surface area (Å²) in [5.74, 6) is -6.56. The number of ether oxygens (including phenoxy) is 2. The van der Waals surface area contributed by atoms with Crippen LogP contribution < -0.4 is 25.2 Å². The van der Waals surface area contributed by atoms with E-state index >= 15 is 8.78 Å². The van der Waals surface area contributed by atoms with Crippen molar-refractivity contribution < 1.29 is 68.9 Å². The largest absolute Gasteiger partial charge is 0.491 e. The second-order valence-corrected chi connectivity index (χ2v) is 22.0. The first-order chi connectivity index (χ1) is 37.4. The summed E-state index contributed by atoms with van der Waals surface area (Å²) in [6.45, 7) is 11.2. The number of anilines is 2. The van der Waals surface area contributed by atoms with E-state index in [-0.39, 0.29) is 50.6 Å². The van der Waals surface area contributed by atoms with Gasteiger partial charge in [0.05, 0.1) is 81.2 Å². The minimum atomic E-state index is -5.36. The third-order valence-electron chi connectivity index (χ3n) is 13.7. The second kappa shape index (κ2) is 23.9. The molecule has 7 rings (SSSR count). The number of rotatable bonds is 18. The first-order valence-corrected chi connectivity index (χ1v) is 26.4. The van der Waals surface area contributed by atoms with Gasteiger partial charge in [-0.1, -0.05) is 45.0 Å². The van der Waals surface area contributed by atoms with E-state index < -0.39 is 122 Å². The number of likely N-dealkylation sites (tertiary alicyclic amines) is 1. The number of aryl methyl sites for hydroxylation is 1. The van der Waals surface area contributed by atoms with Gasteiger partial charge in [-0.05, 0) is 106 Å². The smallest absolute Gasteiger partial charge is 0.420 e. The number of aliphatic hydroxyl groups excluding tert-OH is 1. The highest BCUT2D eigenvalue weighted by molar-refractivity contribution is 7.81. The van der Waals surface area contributed by atoms with Crippen molar-refractivity contribution in [2.75, 3.05) is 42.7 Å². The molecule has 0 aliphatic carbocycles. The molecule has 2 aliphatic heterocycles. The Kier molecular flexibility index (Phi) is 18.1. The molecule has 2 aromatic heterocycles. The SMILES string of the molecule is Cc1ncsc1-c1ccc([C@H](C)NC(=O)[C@@H]2C[C@@H](O)CN2C(=O)[C@@H](CNC(=O)COCCCCOc2ccc(-c3ncc(N4C(=S)N(c5ccc(C#N)c(C(F)(F)F)c5F)C(=O)C4(C)C)cc3C(F)(F)F)cc2F)C(C)(C)C)cc1. The average molecular weight is 1160 g/mol. The molecule has 0 saturated carbocycles. The molecule has 4 atom stereocenters. The number of thiocarbonyl (C=S) groups is 1. The van der Waals surface area contributed by atoms with Crippen molar-refractivity contribution in [2.45, 2.75) is 104 Å². The summed E-state index contributed by atoms with van der Waals surface area (Å²) in [6.07, 6.45) is -9.86. The second-order valence-electron chi connectivity index (χ2n) is 20.8. The van der Waals surface area contributed by atoms with Crippen LogP contribution in [-0.4, -0.2) is 99.3 Å². The maximum atomic E-state index is 15.5. The number of nitriles is 1. The average Bonchev–Trinajstić information content (AvgIpc) is 4.10. The van der Waals surface area contributed by atoms with E-state index in [1.807, 2.05) is 58.9 Å². The van der Waals surface area contributed by atoms with Gasteiger partial charge in [-0.2, -0.15) is 31.6 Å². The zero-order valence-electron chi connectivity index (χ0n) is 44.3. The normalized spacial score (nSPS) is 17.4. The molecule has 426 valence electrons. The number of halogens is 8. The molecule has 2 fully saturated rings. The maximum absolute atomic E-state index is 15.5. The third kappa shape index (κ3) is 13.0. The number of nitrogens with one attached hydrogen (secondary N) is 2. The Labute approximate surface area is 464 Å². The van der Waals surface area contributed by atoms with Crippen LogP contribution in [0.4, 0.5) is 46.5 Å². The Morgan fingerprint density at radius 1 is 0.963 bits per heavy atom. The van der Waals surface area contributed by atoms with Crippen LogP contribution in [0.5, 0.6) is 5.75 Å². The number of thiazole rings is 1. The number of β-amino-alcohol motifs (C(OH)–C–C–N with tert-alkyl or cyclic N) is 1. The number of carbonyl (C=O) groups excluding carboxylic acids is 4. The highest BCUT2D eigenvalue weighted by Gasteiger charge is 2.53. The lowest BCUT2D eigenvalue weighted by molar-refractivity contribution is -0.145. The molecular weight excluding hydrogens is 1100 g/mol. The van der Waals surface area contributed by atoms with Gasteiger partial charge in [-0.15, -0.1) is 11.3 Å². The summed E-state index contributed by atoms with van der Waals surface area (Å²) in [6, 6.07) is 12.6. The fourth-order valence-corrected chi connectivity index (χ4v) is 10.7. The lowest BCUT2D eigenvalue weighted by Crippen LogP contribution is -2.52. The van der Waals surface area contributed by atoms with Crippen LogP contribution in [0.15, 0.2) is 72.4 Å². The number of alkyl halides is 6. The Morgan fingerprint density at radius 2 is 1.64 bits per heavy atom. The summed E-state index contributed by atoms with van der Waals surface area (Å²) in [5, 5.41) is 24.9. The van der Waals surface area contributed by atoms with Crippen molar-refractivity contribution in [2.24, 2.45) is 11.3 Å². The lowest BCUT2D eigenvalue weighted by atomic mass is 9.79. The summed E-state index contributed by atoms with van der Waals surface area (Å²) in [5.41, 5.74) is -4.97. The van der Waals surface area contributed by atoms with Crippen LogP contribution in [0, 0.1) is 41.2 Å². The number of aromatic nitrogens is 2. The first kappa shape index (κ1) is 60.5. The first-order valence-electron chi connectivity index (χ1n) is 25.1. The maximum Gasteiger partial charge on any atom is 0.420 e. The number of hydrogen-bond donors (Lipinski definition) is 3.